The molecule has 0 aliphatic heterocycles. The second-order valence-electron chi connectivity index (χ2n) is 3.61. The van der Waals surface area contributed by atoms with Crippen LogP contribution in [0.4, 0.5) is 0 Å². The Morgan fingerprint density at radius 3 is 2.94 bits per heavy atom. The molecule has 0 spiro atoms. The molecule has 86 valence electrons. The van der Waals surface area contributed by atoms with Crippen LogP contribution in [0.25, 0.3) is 20.9 Å². The molecular formula is C12H9ClN2OS. The van der Waals surface area contributed by atoms with Gasteiger partial charge in [0.1, 0.15) is 23.0 Å². The molecule has 5 heteroatoms. The minimum atomic E-state index is 0.494. The van der Waals surface area contributed by atoms with Gasteiger partial charge in [-0.2, -0.15) is 0 Å². The van der Waals surface area contributed by atoms with E-state index in [1.807, 2.05) is 18.2 Å². The van der Waals surface area contributed by atoms with Gasteiger partial charge in [-0.25, -0.2) is 9.97 Å². The lowest BCUT2D eigenvalue weighted by molar-refractivity contribution is 0.530. The van der Waals surface area contributed by atoms with E-state index < -0.39 is 0 Å². The first-order valence-electron chi connectivity index (χ1n) is 5.27. The summed E-state index contributed by atoms with van der Waals surface area (Å²) in [6.45, 7) is 2.07. The molecule has 0 aromatic carbocycles. The molecule has 0 saturated carbocycles. The van der Waals surface area contributed by atoms with E-state index in [0.29, 0.717) is 5.15 Å². The molecule has 0 radical (unpaired) electrons. The standard InChI is InChI=1S/C12H9ClN2OS/c1-2-7-3-4-9(16-7)10-5-8-11(17-10)12(13)15-6-14-8/h3-6H,2H2,1H3. The van der Waals surface area contributed by atoms with Gasteiger partial charge in [-0.15, -0.1) is 11.3 Å². The fourth-order valence-electron chi connectivity index (χ4n) is 1.65. The number of halogens is 1. The summed E-state index contributed by atoms with van der Waals surface area (Å²) >= 11 is 7.57. The molecule has 0 aliphatic rings. The summed E-state index contributed by atoms with van der Waals surface area (Å²) in [5, 5.41) is 0.494. The van der Waals surface area contributed by atoms with Crippen LogP contribution >= 0.6 is 22.9 Å². The van der Waals surface area contributed by atoms with Gasteiger partial charge in [0.2, 0.25) is 0 Å². The average Bonchev–Trinajstić information content (AvgIpc) is 2.95. The molecule has 3 aromatic rings. The summed E-state index contributed by atoms with van der Waals surface area (Å²) in [7, 11) is 0. The van der Waals surface area contributed by atoms with Gasteiger partial charge in [-0.3, -0.25) is 0 Å². The summed E-state index contributed by atoms with van der Waals surface area (Å²) in [5.41, 5.74) is 0.861. The second-order valence-corrected chi connectivity index (χ2v) is 5.02. The van der Waals surface area contributed by atoms with Crippen LogP contribution in [-0.4, -0.2) is 9.97 Å². The molecule has 0 bridgehead atoms. The van der Waals surface area contributed by atoms with Crippen molar-refractivity contribution in [2.24, 2.45) is 0 Å². The predicted molar refractivity (Wildman–Crippen MR) is 69.5 cm³/mol. The van der Waals surface area contributed by atoms with Crippen molar-refractivity contribution in [2.75, 3.05) is 0 Å². The molecule has 0 saturated heterocycles. The fourth-order valence-corrected chi connectivity index (χ4v) is 2.86. The van der Waals surface area contributed by atoms with Crippen LogP contribution in [0.1, 0.15) is 12.7 Å². The molecular weight excluding hydrogens is 256 g/mol. The Morgan fingerprint density at radius 2 is 2.24 bits per heavy atom. The zero-order valence-corrected chi connectivity index (χ0v) is 10.7. The van der Waals surface area contributed by atoms with E-state index in [9.17, 15) is 0 Å². The van der Waals surface area contributed by atoms with Crippen LogP contribution in [0.2, 0.25) is 5.15 Å². The molecule has 0 atom stereocenters. The number of hydrogen-bond donors (Lipinski definition) is 0. The molecule has 0 unspecified atom stereocenters. The van der Waals surface area contributed by atoms with E-state index in [-0.39, 0.29) is 0 Å². The highest BCUT2D eigenvalue weighted by Gasteiger charge is 2.11. The van der Waals surface area contributed by atoms with Crippen molar-refractivity contribution in [1.29, 1.82) is 0 Å². The van der Waals surface area contributed by atoms with Crippen molar-refractivity contribution in [3.63, 3.8) is 0 Å². The number of hydrogen-bond acceptors (Lipinski definition) is 4. The first kappa shape index (κ1) is 10.7. The van der Waals surface area contributed by atoms with Crippen LogP contribution < -0.4 is 0 Å². The van der Waals surface area contributed by atoms with E-state index in [4.69, 9.17) is 16.0 Å². The number of fused-ring (bicyclic) bond motifs is 1. The molecule has 0 fully saturated rings. The lowest BCUT2D eigenvalue weighted by Crippen LogP contribution is -1.76. The van der Waals surface area contributed by atoms with E-state index in [1.54, 1.807) is 11.3 Å². The van der Waals surface area contributed by atoms with Gasteiger partial charge in [0, 0.05) is 6.42 Å². The van der Waals surface area contributed by atoms with Crippen LogP contribution in [0.3, 0.4) is 0 Å². The average molecular weight is 265 g/mol. The number of thiophene rings is 1. The molecule has 3 aromatic heterocycles. The molecule has 3 heterocycles. The first-order chi connectivity index (χ1) is 8.28. The van der Waals surface area contributed by atoms with Crippen molar-refractivity contribution in [1.82, 2.24) is 9.97 Å². The largest absolute Gasteiger partial charge is 0.460 e. The van der Waals surface area contributed by atoms with E-state index in [0.717, 1.165) is 33.0 Å². The van der Waals surface area contributed by atoms with Gasteiger partial charge in [0.15, 0.2) is 0 Å². The van der Waals surface area contributed by atoms with Gasteiger partial charge in [0.05, 0.1) is 15.1 Å². The number of aromatic nitrogens is 2. The monoisotopic (exact) mass is 264 g/mol. The Labute approximate surface area is 107 Å². The fraction of sp³-hybridized carbons (Fsp3) is 0.167. The van der Waals surface area contributed by atoms with Gasteiger partial charge >= 0.3 is 0 Å². The van der Waals surface area contributed by atoms with Gasteiger partial charge in [-0.05, 0) is 18.2 Å². The minimum absolute atomic E-state index is 0.494. The zero-order chi connectivity index (χ0) is 11.8. The summed E-state index contributed by atoms with van der Waals surface area (Å²) in [4.78, 5) is 9.19. The Balaban J connectivity index is 2.14. The molecule has 3 nitrogen and oxygen atoms in total. The summed E-state index contributed by atoms with van der Waals surface area (Å²) in [6, 6.07) is 5.95. The Morgan fingerprint density at radius 1 is 1.35 bits per heavy atom. The lowest BCUT2D eigenvalue weighted by Gasteiger charge is -1.89. The molecule has 3 rings (SSSR count). The maximum atomic E-state index is 6.02. The molecule has 0 N–H and O–H groups in total. The Bertz CT molecular complexity index is 674. The maximum absolute atomic E-state index is 6.02. The molecule has 0 aliphatic carbocycles. The van der Waals surface area contributed by atoms with Crippen LogP contribution in [-0.2, 0) is 6.42 Å². The third kappa shape index (κ3) is 1.83. The van der Waals surface area contributed by atoms with Gasteiger partial charge in [-0.1, -0.05) is 18.5 Å². The maximum Gasteiger partial charge on any atom is 0.150 e. The quantitative estimate of drug-likeness (QED) is 0.652. The topological polar surface area (TPSA) is 38.9 Å². The normalized spacial score (nSPS) is 11.2. The van der Waals surface area contributed by atoms with Crippen LogP contribution in [0.5, 0.6) is 0 Å². The third-order valence-corrected chi connectivity index (χ3v) is 4.06. The van der Waals surface area contributed by atoms with E-state index in [2.05, 4.69) is 16.9 Å². The van der Waals surface area contributed by atoms with E-state index in [1.165, 1.54) is 6.33 Å². The Kier molecular flexibility index (Phi) is 2.61. The SMILES string of the molecule is CCc1ccc(-c2cc3ncnc(Cl)c3s2)o1. The highest BCUT2D eigenvalue weighted by atomic mass is 35.5. The summed E-state index contributed by atoms with van der Waals surface area (Å²) in [6.07, 6.45) is 2.37. The van der Waals surface area contributed by atoms with Crippen molar-refractivity contribution in [3.8, 4) is 10.6 Å². The highest BCUT2D eigenvalue weighted by Crippen LogP contribution is 2.36. The number of aryl methyl sites for hydroxylation is 1. The van der Waals surface area contributed by atoms with Crippen LogP contribution in [0.15, 0.2) is 28.9 Å². The smallest absolute Gasteiger partial charge is 0.150 e. The number of rotatable bonds is 2. The second kappa shape index (κ2) is 4.13. The summed E-state index contributed by atoms with van der Waals surface area (Å²) < 4.78 is 6.61. The Hall–Kier alpha value is -1.39. The summed E-state index contributed by atoms with van der Waals surface area (Å²) in [5.74, 6) is 1.84. The first-order valence-corrected chi connectivity index (χ1v) is 6.46. The molecule has 0 amide bonds. The third-order valence-electron chi connectivity index (χ3n) is 2.52. The van der Waals surface area contributed by atoms with Gasteiger partial charge < -0.3 is 4.42 Å². The van der Waals surface area contributed by atoms with E-state index >= 15 is 0 Å². The van der Waals surface area contributed by atoms with Crippen molar-refractivity contribution in [3.05, 3.63) is 35.4 Å². The van der Waals surface area contributed by atoms with Crippen molar-refractivity contribution < 1.29 is 4.42 Å². The van der Waals surface area contributed by atoms with Crippen molar-refractivity contribution >= 4 is 33.2 Å². The van der Waals surface area contributed by atoms with Crippen LogP contribution in [0, 0.1) is 0 Å². The van der Waals surface area contributed by atoms with Crippen molar-refractivity contribution in [2.45, 2.75) is 13.3 Å². The highest BCUT2D eigenvalue weighted by molar-refractivity contribution is 7.22. The number of nitrogens with zero attached hydrogens (tertiary/aromatic N) is 2. The van der Waals surface area contributed by atoms with Gasteiger partial charge in [0.25, 0.3) is 0 Å². The molecule has 17 heavy (non-hydrogen) atoms. The minimum Gasteiger partial charge on any atom is -0.460 e. The zero-order valence-electron chi connectivity index (χ0n) is 9.11. The predicted octanol–water partition coefficient (Wildman–Crippen LogP) is 4.17. The number of furan rings is 1. The lowest BCUT2D eigenvalue weighted by atomic mass is 10.3.